The van der Waals surface area contributed by atoms with Crippen LogP contribution in [0.1, 0.15) is 16.7 Å². The van der Waals surface area contributed by atoms with Crippen molar-refractivity contribution >= 4 is 17.3 Å². The van der Waals surface area contributed by atoms with Gasteiger partial charge >= 0.3 is 0 Å². The molecule has 0 heterocycles. The van der Waals surface area contributed by atoms with E-state index in [0.717, 1.165) is 16.8 Å². The second-order valence-corrected chi connectivity index (χ2v) is 4.92. The molecule has 3 aromatic carbocycles. The molecule has 0 bridgehead atoms. The topological polar surface area (TPSA) is 26.0 Å². The summed E-state index contributed by atoms with van der Waals surface area (Å²) in [6.07, 6.45) is 2.18. The van der Waals surface area contributed by atoms with Crippen LogP contribution >= 0.6 is 0 Å². The average Bonchev–Trinajstić information content (AvgIpc) is 2.55. The van der Waals surface area contributed by atoms with Crippen molar-refractivity contribution in [2.45, 2.75) is 0 Å². The maximum Gasteiger partial charge on any atom is 0.0393 e. The van der Waals surface area contributed by atoms with Gasteiger partial charge < -0.3 is 5.73 Å². The lowest BCUT2D eigenvalue weighted by molar-refractivity contribution is 1.55. The van der Waals surface area contributed by atoms with Crippen LogP contribution < -0.4 is 5.73 Å². The lowest BCUT2D eigenvalue weighted by atomic mass is 9.94. The van der Waals surface area contributed by atoms with E-state index in [-0.39, 0.29) is 0 Å². The Morgan fingerprint density at radius 2 is 1.24 bits per heavy atom. The minimum absolute atomic E-state index is 0.795. The lowest BCUT2D eigenvalue weighted by Gasteiger charge is -2.11. The van der Waals surface area contributed by atoms with E-state index < -0.39 is 0 Å². The Kier molecular flexibility index (Phi) is 3.83. The molecule has 0 spiro atoms. The SMILES string of the molecule is Nc1ccccc1C(=Cc1ccccc1)c1ccccc1. The fourth-order valence-electron chi connectivity index (χ4n) is 2.39. The quantitative estimate of drug-likeness (QED) is 0.534. The second kappa shape index (κ2) is 6.10. The molecule has 1 nitrogen and oxygen atoms in total. The molecular weight excluding hydrogens is 254 g/mol. The molecule has 0 aliphatic rings. The summed E-state index contributed by atoms with van der Waals surface area (Å²) in [7, 11) is 0. The van der Waals surface area contributed by atoms with Gasteiger partial charge in [0.25, 0.3) is 0 Å². The molecule has 0 aliphatic carbocycles. The van der Waals surface area contributed by atoms with Gasteiger partial charge in [0.2, 0.25) is 0 Å². The van der Waals surface area contributed by atoms with Crippen molar-refractivity contribution in [1.82, 2.24) is 0 Å². The molecule has 1 heteroatoms. The lowest BCUT2D eigenvalue weighted by Crippen LogP contribution is -1.95. The Hall–Kier alpha value is -2.80. The van der Waals surface area contributed by atoms with E-state index in [1.54, 1.807) is 0 Å². The van der Waals surface area contributed by atoms with E-state index in [1.165, 1.54) is 11.1 Å². The second-order valence-electron chi connectivity index (χ2n) is 4.92. The smallest absolute Gasteiger partial charge is 0.0393 e. The van der Waals surface area contributed by atoms with E-state index in [2.05, 4.69) is 36.4 Å². The first kappa shape index (κ1) is 13.2. The van der Waals surface area contributed by atoms with Gasteiger partial charge in [-0.3, -0.25) is 0 Å². The Labute approximate surface area is 125 Å². The zero-order valence-corrected chi connectivity index (χ0v) is 11.7. The number of rotatable bonds is 3. The third-order valence-electron chi connectivity index (χ3n) is 3.45. The zero-order chi connectivity index (χ0) is 14.5. The third-order valence-corrected chi connectivity index (χ3v) is 3.45. The molecule has 0 saturated heterocycles. The third kappa shape index (κ3) is 3.03. The normalized spacial score (nSPS) is 11.3. The van der Waals surface area contributed by atoms with Crippen molar-refractivity contribution < 1.29 is 0 Å². The Morgan fingerprint density at radius 1 is 0.667 bits per heavy atom. The molecule has 0 fully saturated rings. The van der Waals surface area contributed by atoms with Crippen molar-refractivity contribution in [3.63, 3.8) is 0 Å². The summed E-state index contributed by atoms with van der Waals surface area (Å²) >= 11 is 0. The summed E-state index contributed by atoms with van der Waals surface area (Å²) in [6.45, 7) is 0. The summed E-state index contributed by atoms with van der Waals surface area (Å²) in [6, 6.07) is 28.7. The molecule has 0 amide bonds. The van der Waals surface area contributed by atoms with E-state index in [0.29, 0.717) is 0 Å². The van der Waals surface area contributed by atoms with E-state index in [1.807, 2.05) is 54.6 Å². The van der Waals surface area contributed by atoms with Gasteiger partial charge in [-0.25, -0.2) is 0 Å². The summed E-state index contributed by atoms with van der Waals surface area (Å²) in [4.78, 5) is 0. The van der Waals surface area contributed by atoms with Crippen LogP contribution in [-0.2, 0) is 0 Å². The molecule has 3 rings (SSSR count). The average molecular weight is 271 g/mol. The number of benzene rings is 3. The maximum atomic E-state index is 6.17. The molecule has 0 saturated carbocycles. The molecule has 0 aliphatic heterocycles. The highest BCUT2D eigenvalue weighted by Crippen LogP contribution is 2.29. The molecule has 0 aromatic heterocycles. The number of anilines is 1. The Morgan fingerprint density at radius 3 is 1.90 bits per heavy atom. The van der Waals surface area contributed by atoms with Gasteiger partial charge in [0.05, 0.1) is 0 Å². The van der Waals surface area contributed by atoms with Crippen molar-refractivity contribution in [1.29, 1.82) is 0 Å². The van der Waals surface area contributed by atoms with Crippen molar-refractivity contribution in [3.8, 4) is 0 Å². The highest BCUT2D eigenvalue weighted by atomic mass is 14.6. The number of hydrogen-bond acceptors (Lipinski definition) is 1. The Bertz CT molecular complexity index is 743. The molecule has 21 heavy (non-hydrogen) atoms. The first-order valence-corrected chi connectivity index (χ1v) is 7.01. The monoisotopic (exact) mass is 271 g/mol. The highest BCUT2D eigenvalue weighted by molar-refractivity contribution is 5.94. The van der Waals surface area contributed by atoms with Gasteiger partial charge in [-0.05, 0) is 28.8 Å². The van der Waals surface area contributed by atoms with E-state index in [9.17, 15) is 0 Å². The number of para-hydroxylation sites is 1. The number of nitrogens with two attached hydrogens (primary N) is 1. The Balaban J connectivity index is 2.17. The van der Waals surface area contributed by atoms with Crippen LogP contribution in [0.3, 0.4) is 0 Å². The highest BCUT2D eigenvalue weighted by Gasteiger charge is 2.07. The summed E-state index contributed by atoms with van der Waals surface area (Å²) < 4.78 is 0. The van der Waals surface area contributed by atoms with Crippen LogP contribution in [0.15, 0.2) is 84.9 Å². The van der Waals surface area contributed by atoms with Crippen LogP contribution in [0, 0.1) is 0 Å². The van der Waals surface area contributed by atoms with Crippen LogP contribution in [0.2, 0.25) is 0 Å². The van der Waals surface area contributed by atoms with Gasteiger partial charge in [0.15, 0.2) is 0 Å². The van der Waals surface area contributed by atoms with Crippen LogP contribution in [0.5, 0.6) is 0 Å². The van der Waals surface area contributed by atoms with Crippen LogP contribution in [0.4, 0.5) is 5.69 Å². The minimum atomic E-state index is 0.795. The molecule has 102 valence electrons. The van der Waals surface area contributed by atoms with Gasteiger partial charge in [-0.2, -0.15) is 0 Å². The fraction of sp³-hybridized carbons (Fsp3) is 0. The van der Waals surface area contributed by atoms with Crippen molar-refractivity contribution in [3.05, 3.63) is 102 Å². The number of hydrogen-bond donors (Lipinski definition) is 1. The van der Waals surface area contributed by atoms with Crippen LogP contribution in [0.25, 0.3) is 11.6 Å². The summed E-state index contributed by atoms with van der Waals surface area (Å²) in [5.74, 6) is 0. The molecular formula is C20H17N. The zero-order valence-electron chi connectivity index (χ0n) is 11.7. The predicted octanol–water partition coefficient (Wildman–Crippen LogP) is 4.86. The van der Waals surface area contributed by atoms with Crippen molar-refractivity contribution in [2.75, 3.05) is 5.73 Å². The molecule has 0 radical (unpaired) electrons. The van der Waals surface area contributed by atoms with Crippen molar-refractivity contribution in [2.24, 2.45) is 0 Å². The molecule has 0 unspecified atom stereocenters. The van der Waals surface area contributed by atoms with Gasteiger partial charge in [0, 0.05) is 11.3 Å². The maximum absolute atomic E-state index is 6.17. The molecule has 3 aromatic rings. The summed E-state index contributed by atoms with van der Waals surface area (Å²) in [5, 5.41) is 0. The first-order valence-electron chi connectivity index (χ1n) is 7.01. The van der Waals surface area contributed by atoms with E-state index in [4.69, 9.17) is 5.73 Å². The van der Waals surface area contributed by atoms with Gasteiger partial charge in [-0.1, -0.05) is 78.9 Å². The fourth-order valence-corrected chi connectivity index (χ4v) is 2.39. The van der Waals surface area contributed by atoms with Gasteiger partial charge in [0.1, 0.15) is 0 Å². The minimum Gasteiger partial charge on any atom is -0.398 e. The summed E-state index contributed by atoms with van der Waals surface area (Å²) in [5.41, 5.74) is 11.5. The predicted molar refractivity (Wildman–Crippen MR) is 90.7 cm³/mol. The van der Waals surface area contributed by atoms with E-state index >= 15 is 0 Å². The molecule has 2 N–H and O–H groups in total. The molecule has 0 atom stereocenters. The first-order chi connectivity index (χ1) is 10.3. The number of nitrogen functional groups attached to an aromatic ring is 1. The van der Waals surface area contributed by atoms with Crippen LogP contribution in [-0.4, -0.2) is 0 Å². The largest absolute Gasteiger partial charge is 0.398 e. The standard InChI is InChI=1S/C20H17N/c21-20-14-8-7-13-18(20)19(17-11-5-2-6-12-17)15-16-9-3-1-4-10-16/h1-15H,21H2. The van der Waals surface area contributed by atoms with Gasteiger partial charge in [-0.15, -0.1) is 0 Å².